The normalized spacial score (nSPS) is 26.0. The molecule has 1 fully saturated rings. The first-order chi connectivity index (χ1) is 16.0. The molecular formula is C23H28N6O2S2. The molecule has 3 aliphatic rings. The third-order valence-corrected chi connectivity index (χ3v) is 8.64. The maximum Gasteiger partial charge on any atom is 0.142 e. The van der Waals surface area contributed by atoms with E-state index in [9.17, 15) is 5.11 Å². The minimum atomic E-state index is -0.438. The maximum atomic E-state index is 11.2. The lowest BCUT2D eigenvalue weighted by atomic mass is 9.86. The van der Waals surface area contributed by atoms with Gasteiger partial charge in [0.05, 0.1) is 28.2 Å². The van der Waals surface area contributed by atoms with Crippen molar-refractivity contribution in [1.29, 1.82) is 0 Å². The SMILES string of the molecule is C[C@H]1CN(C(O)[C@H]2CCc3c(sc4ncnc(Nc5ccc6c(c5)SNN6)c34)C2)C[C@H](C)O1. The van der Waals surface area contributed by atoms with Crippen LogP contribution >= 0.6 is 23.3 Å². The van der Waals surface area contributed by atoms with Gasteiger partial charge in [0, 0.05) is 29.6 Å². The molecule has 1 unspecified atom stereocenters. The van der Waals surface area contributed by atoms with Crippen LogP contribution in [0.2, 0.25) is 0 Å². The highest BCUT2D eigenvalue weighted by Gasteiger charge is 2.35. The summed E-state index contributed by atoms with van der Waals surface area (Å²) in [6.07, 6.45) is 4.28. The van der Waals surface area contributed by atoms with Crippen molar-refractivity contribution in [2.75, 3.05) is 23.8 Å². The minimum Gasteiger partial charge on any atom is -0.378 e. The van der Waals surface area contributed by atoms with E-state index < -0.39 is 6.23 Å². The second kappa shape index (κ2) is 8.68. The van der Waals surface area contributed by atoms with E-state index in [0.717, 1.165) is 64.7 Å². The summed E-state index contributed by atoms with van der Waals surface area (Å²) in [4.78, 5) is 17.9. The third kappa shape index (κ3) is 4.09. The molecule has 6 rings (SSSR count). The number of nitrogens with one attached hydrogen (secondary N) is 3. The molecule has 2 aromatic heterocycles. The van der Waals surface area contributed by atoms with Crippen molar-refractivity contribution in [2.24, 2.45) is 5.92 Å². The molecule has 1 aliphatic carbocycles. The van der Waals surface area contributed by atoms with Crippen molar-refractivity contribution < 1.29 is 9.84 Å². The number of anilines is 3. The van der Waals surface area contributed by atoms with Gasteiger partial charge >= 0.3 is 0 Å². The Bertz CT molecular complexity index is 1180. The van der Waals surface area contributed by atoms with Gasteiger partial charge in [0.1, 0.15) is 23.2 Å². The molecule has 33 heavy (non-hydrogen) atoms. The Kier molecular flexibility index (Phi) is 5.68. The number of thiophene rings is 1. The number of aromatic nitrogens is 2. The zero-order valence-electron chi connectivity index (χ0n) is 18.7. The van der Waals surface area contributed by atoms with Gasteiger partial charge in [0.25, 0.3) is 0 Å². The van der Waals surface area contributed by atoms with Crippen LogP contribution in [-0.2, 0) is 17.6 Å². The van der Waals surface area contributed by atoms with Gasteiger partial charge in [0.2, 0.25) is 0 Å². The molecule has 1 saturated heterocycles. The van der Waals surface area contributed by atoms with Crippen molar-refractivity contribution in [1.82, 2.24) is 19.7 Å². The largest absolute Gasteiger partial charge is 0.378 e. The highest BCUT2D eigenvalue weighted by Crippen LogP contribution is 2.42. The molecule has 2 aliphatic heterocycles. The Hall–Kier alpha value is -1.95. The topological polar surface area (TPSA) is 94.6 Å². The van der Waals surface area contributed by atoms with Crippen molar-refractivity contribution in [3.8, 4) is 0 Å². The monoisotopic (exact) mass is 484 g/mol. The van der Waals surface area contributed by atoms with E-state index in [4.69, 9.17) is 4.74 Å². The summed E-state index contributed by atoms with van der Waals surface area (Å²) >= 11 is 3.31. The number of fused-ring (bicyclic) bond motifs is 4. The van der Waals surface area contributed by atoms with E-state index in [1.54, 1.807) is 29.6 Å². The summed E-state index contributed by atoms with van der Waals surface area (Å²) in [5.41, 5.74) is 6.56. The molecule has 174 valence electrons. The summed E-state index contributed by atoms with van der Waals surface area (Å²) < 4.78 is 5.86. The van der Waals surface area contributed by atoms with E-state index in [-0.39, 0.29) is 18.1 Å². The third-order valence-electron chi connectivity index (χ3n) is 6.72. The van der Waals surface area contributed by atoms with E-state index in [0.29, 0.717) is 0 Å². The first-order valence-electron chi connectivity index (χ1n) is 11.5. The summed E-state index contributed by atoms with van der Waals surface area (Å²) in [7, 11) is 0. The van der Waals surface area contributed by atoms with Gasteiger partial charge in [-0.15, -0.1) is 11.3 Å². The number of benzene rings is 1. The van der Waals surface area contributed by atoms with Crippen molar-refractivity contribution in [3.63, 3.8) is 0 Å². The molecule has 4 heterocycles. The van der Waals surface area contributed by atoms with Gasteiger partial charge in [-0.05, 0) is 68.8 Å². The highest BCUT2D eigenvalue weighted by atomic mass is 32.2. The number of aryl methyl sites for hydroxylation is 1. The number of aliphatic hydroxyl groups is 1. The van der Waals surface area contributed by atoms with Crippen LogP contribution in [0.1, 0.15) is 30.7 Å². The minimum absolute atomic E-state index is 0.153. The van der Waals surface area contributed by atoms with Crippen LogP contribution in [0.25, 0.3) is 10.2 Å². The lowest BCUT2D eigenvalue weighted by Crippen LogP contribution is -2.53. The smallest absolute Gasteiger partial charge is 0.142 e. The second-order valence-electron chi connectivity index (χ2n) is 9.20. The lowest BCUT2D eigenvalue weighted by molar-refractivity contribution is -0.136. The Morgan fingerprint density at radius 1 is 1.24 bits per heavy atom. The van der Waals surface area contributed by atoms with E-state index in [1.165, 1.54) is 10.4 Å². The summed E-state index contributed by atoms with van der Waals surface area (Å²) in [5.74, 6) is 1.08. The summed E-state index contributed by atoms with van der Waals surface area (Å²) in [6.45, 7) is 5.73. The fourth-order valence-corrected chi connectivity index (χ4v) is 7.24. The average Bonchev–Trinajstić information content (AvgIpc) is 3.41. The van der Waals surface area contributed by atoms with Crippen LogP contribution in [0.5, 0.6) is 0 Å². The van der Waals surface area contributed by atoms with Crippen LogP contribution in [0.3, 0.4) is 0 Å². The van der Waals surface area contributed by atoms with Crippen LogP contribution in [0.15, 0.2) is 29.4 Å². The fourth-order valence-electron chi connectivity index (χ4n) is 5.28. The number of ether oxygens (including phenoxy) is 1. The van der Waals surface area contributed by atoms with Crippen LogP contribution in [-0.4, -0.2) is 51.5 Å². The number of rotatable bonds is 4. The molecular weight excluding hydrogens is 456 g/mol. The molecule has 4 atom stereocenters. The Morgan fingerprint density at radius 2 is 2.09 bits per heavy atom. The lowest BCUT2D eigenvalue weighted by Gasteiger charge is -2.41. The van der Waals surface area contributed by atoms with Crippen molar-refractivity contribution >= 4 is 50.7 Å². The molecule has 0 bridgehead atoms. The van der Waals surface area contributed by atoms with Crippen molar-refractivity contribution in [2.45, 2.75) is 56.4 Å². The zero-order chi connectivity index (χ0) is 22.5. The Balaban J connectivity index is 1.25. The van der Waals surface area contributed by atoms with Gasteiger partial charge in [0.15, 0.2) is 0 Å². The number of nitrogens with zero attached hydrogens (tertiary/aromatic N) is 3. The fraction of sp³-hybridized carbons (Fsp3) is 0.478. The zero-order valence-corrected chi connectivity index (χ0v) is 20.3. The quantitative estimate of drug-likeness (QED) is 0.411. The molecule has 0 radical (unpaired) electrons. The molecule has 8 nitrogen and oxygen atoms in total. The first kappa shape index (κ1) is 21.6. The molecule has 3 aromatic rings. The number of hydrogen-bond donors (Lipinski definition) is 4. The number of morpholine rings is 1. The predicted octanol–water partition coefficient (Wildman–Crippen LogP) is 3.90. The molecule has 10 heteroatoms. The van der Waals surface area contributed by atoms with Crippen LogP contribution < -0.4 is 15.6 Å². The summed E-state index contributed by atoms with van der Waals surface area (Å²) in [5, 5.41) is 15.8. The second-order valence-corrected chi connectivity index (χ2v) is 11.1. The van der Waals surface area contributed by atoms with Crippen LogP contribution in [0, 0.1) is 5.92 Å². The summed E-state index contributed by atoms with van der Waals surface area (Å²) in [6, 6.07) is 6.24. The van der Waals surface area contributed by atoms with Gasteiger partial charge in [-0.2, -0.15) is 4.83 Å². The standard InChI is InChI=1S/C23H28N6O2S2/c1-12-9-29(10-13(2)31-12)23(30)14-3-5-16-18(7-14)32-22-20(16)21(24-11-25-22)26-15-4-6-17-19(8-15)33-28-27-17/h4,6,8,11-14,23,27-28,30H,3,5,7,9-10H2,1-2H3,(H,24,25,26)/t12-,13-,14-,23?/m0/s1. The number of hydrazine groups is 1. The Labute approximate surface area is 201 Å². The molecule has 4 N–H and O–H groups in total. The predicted molar refractivity (Wildman–Crippen MR) is 133 cm³/mol. The average molecular weight is 485 g/mol. The van der Waals surface area contributed by atoms with E-state index in [1.807, 2.05) is 0 Å². The van der Waals surface area contributed by atoms with E-state index >= 15 is 0 Å². The van der Waals surface area contributed by atoms with E-state index in [2.05, 4.69) is 62.5 Å². The number of hydrogen-bond acceptors (Lipinski definition) is 10. The van der Waals surface area contributed by atoms with Gasteiger partial charge in [-0.1, -0.05) is 0 Å². The Morgan fingerprint density at radius 3 is 2.94 bits per heavy atom. The molecule has 0 spiro atoms. The maximum absolute atomic E-state index is 11.2. The molecule has 1 aromatic carbocycles. The first-order valence-corrected chi connectivity index (χ1v) is 13.1. The van der Waals surface area contributed by atoms with Gasteiger partial charge in [-0.25, -0.2) is 9.97 Å². The van der Waals surface area contributed by atoms with Crippen LogP contribution in [0.4, 0.5) is 17.2 Å². The number of aliphatic hydroxyl groups excluding tert-OH is 1. The molecule has 0 saturated carbocycles. The molecule has 0 amide bonds. The van der Waals surface area contributed by atoms with Crippen molar-refractivity contribution in [3.05, 3.63) is 35.0 Å². The van der Waals surface area contributed by atoms with Gasteiger partial charge < -0.3 is 20.6 Å². The highest BCUT2D eigenvalue weighted by molar-refractivity contribution is 7.98. The van der Waals surface area contributed by atoms with Gasteiger partial charge in [-0.3, -0.25) is 4.90 Å².